The van der Waals surface area contributed by atoms with Gasteiger partial charge in [0.05, 0.1) is 40.0 Å². The quantitative estimate of drug-likeness (QED) is 0.757. The molecule has 4 saturated heterocycles. The fraction of sp³-hybridized carbons (Fsp3) is 0.350. The van der Waals surface area contributed by atoms with Gasteiger partial charge in [0.15, 0.2) is 0 Å². The van der Waals surface area contributed by atoms with Crippen LogP contribution in [0.15, 0.2) is 60.7 Å². The van der Waals surface area contributed by atoms with Gasteiger partial charge in [-0.05, 0) is 11.1 Å². The van der Waals surface area contributed by atoms with Gasteiger partial charge < -0.3 is 10.2 Å². The molecular weight excluding hydrogens is 403 g/mol. The van der Waals surface area contributed by atoms with Gasteiger partial charge >= 0.3 is 5.97 Å². The van der Waals surface area contributed by atoms with Crippen LogP contribution in [-0.2, 0) is 27.2 Å². The van der Waals surface area contributed by atoms with Crippen molar-refractivity contribution in [2.75, 3.05) is 40.0 Å². The van der Waals surface area contributed by atoms with Crippen LogP contribution in [0.3, 0.4) is 0 Å². The fourth-order valence-electron chi connectivity index (χ4n) is 4.01. The number of aliphatic hydroxyl groups is 1. The molecule has 0 aliphatic carbocycles. The number of carboxylic acid groups (broad SMARTS) is 1. The van der Waals surface area contributed by atoms with Crippen LogP contribution in [-0.4, -0.2) is 75.8 Å². The molecular formula is C20H24CoN4O3. The largest absolute Gasteiger partial charge is 0.479 e. The second-order valence-electron chi connectivity index (χ2n) is 7.28. The summed E-state index contributed by atoms with van der Waals surface area (Å²) in [6.07, 6.45) is 0. The van der Waals surface area contributed by atoms with Crippen LogP contribution in [0, 0.1) is 0 Å². The minimum atomic E-state index is -2.00. The number of carbonyl (C=O) groups is 1. The Morgan fingerprint density at radius 3 is 1.21 bits per heavy atom. The van der Waals surface area contributed by atoms with Gasteiger partial charge in [-0.1, -0.05) is 60.7 Å². The molecule has 2 N–H and O–H groups in total. The third-order valence-corrected chi connectivity index (χ3v) is 5.09. The zero-order chi connectivity index (χ0) is 18.9. The predicted octanol–water partition coefficient (Wildman–Crippen LogP) is 0.985. The molecule has 4 fully saturated rings. The van der Waals surface area contributed by atoms with Gasteiger partial charge in [0.25, 0.3) is 0 Å². The van der Waals surface area contributed by atoms with Crippen molar-refractivity contribution in [3.8, 4) is 0 Å². The minimum Gasteiger partial charge on any atom is -0.479 e. The molecule has 0 spiro atoms. The zero-order valence-corrected chi connectivity index (χ0v) is 16.5. The van der Waals surface area contributed by atoms with Gasteiger partial charge in [0, 0.05) is 16.8 Å². The third kappa shape index (κ3) is 4.13. The molecule has 8 heteroatoms. The van der Waals surface area contributed by atoms with Gasteiger partial charge in [-0.15, -0.1) is 0 Å². The molecule has 0 aromatic heterocycles. The average Bonchev–Trinajstić information content (AvgIpc) is 2.68. The second-order valence-corrected chi connectivity index (χ2v) is 7.28. The first-order chi connectivity index (χ1) is 13.1. The number of benzene rings is 2. The van der Waals surface area contributed by atoms with E-state index in [1.54, 1.807) is 60.7 Å². The van der Waals surface area contributed by atoms with E-state index in [4.69, 9.17) is 0 Å². The molecule has 0 atom stereocenters. The van der Waals surface area contributed by atoms with Gasteiger partial charge in [0.2, 0.25) is 5.60 Å². The fourth-order valence-corrected chi connectivity index (χ4v) is 4.01. The van der Waals surface area contributed by atoms with E-state index in [-0.39, 0.29) is 16.8 Å². The van der Waals surface area contributed by atoms with Gasteiger partial charge in [-0.3, -0.25) is 19.6 Å². The van der Waals surface area contributed by atoms with E-state index < -0.39 is 11.6 Å². The molecule has 0 unspecified atom stereocenters. The normalized spacial score (nSPS) is 27.3. The minimum absolute atomic E-state index is 0. The molecule has 4 aliphatic rings. The Labute approximate surface area is 175 Å². The van der Waals surface area contributed by atoms with E-state index >= 15 is 0 Å². The zero-order valence-electron chi connectivity index (χ0n) is 15.4. The predicted molar refractivity (Wildman–Crippen MR) is 100 cm³/mol. The molecule has 0 amide bonds. The van der Waals surface area contributed by atoms with Crippen LogP contribution < -0.4 is 0 Å². The number of hydrogen-bond donors (Lipinski definition) is 2. The Hall–Kier alpha value is -1.78. The van der Waals surface area contributed by atoms with Crippen molar-refractivity contribution >= 4 is 5.97 Å². The van der Waals surface area contributed by atoms with Crippen LogP contribution in [0.25, 0.3) is 0 Å². The van der Waals surface area contributed by atoms with E-state index in [9.17, 15) is 15.0 Å². The Balaban J connectivity index is 0.000000173. The van der Waals surface area contributed by atoms with Gasteiger partial charge in [-0.2, -0.15) is 0 Å². The first-order valence-corrected chi connectivity index (χ1v) is 9.02. The van der Waals surface area contributed by atoms with Crippen molar-refractivity contribution in [1.29, 1.82) is 0 Å². The summed E-state index contributed by atoms with van der Waals surface area (Å²) in [6, 6.07) is 16.7. The smallest absolute Gasteiger partial charge is 0.345 e. The van der Waals surface area contributed by atoms with Crippen LogP contribution in [0.2, 0.25) is 0 Å². The van der Waals surface area contributed by atoms with E-state index in [1.807, 2.05) is 0 Å². The maximum Gasteiger partial charge on any atom is 0.345 e. The number of aliphatic carboxylic acids is 1. The summed E-state index contributed by atoms with van der Waals surface area (Å²) in [5, 5.41) is 19.7. The van der Waals surface area contributed by atoms with Crippen molar-refractivity contribution in [3.63, 3.8) is 0 Å². The van der Waals surface area contributed by atoms with Crippen LogP contribution >= 0.6 is 0 Å². The Morgan fingerprint density at radius 1 is 0.679 bits per heavy atom. The van der Waals surface area contributed by atoms with Crippen LogP contribution in [0.5, 0.6) is 0 Å². The molecule has 4 aliphatic heterocycles. The third-order valence-electron chi connectivity index (χ3n) is 5.09. The first-order valence-electron chi connectivity index (χ1n) is 9.02. The molecule has 2 aromatic rings. The van der Waals surface area contributed by atoms with Crippen LogP contribution in [0.1, 0.15) is 11.1 Å². The monoisotopic (exact) mass is 427 g/mol. The van der Waals surface area contributed by atoms with Gasteiger partial charge in [-0.25, -0.2) is 4.79 Å². The molecule has 28 heavy (non-hydrogen) atoms. The second kappa shape index (κ2) is 8.70. The molecule has 151 valence electrons. The van der Waals surface area contributed by atoms with Crippen molar-refractivity contribution in [1.82, 2.24) is 19.6 Å². The van der Waals surface area contributed by atoms with Gasteiger partial charge in [0.1, 0.15) is 0 Å². The number of nitrogens with zero attached hydrogens (tertiary/aromatic N) is 4. The maximum absolute atomic E-state index is 11.4. The van der Waals surface area contributed by atoms with E-state index in [2.05, 4.69) is 19.6 Å². The summed E-state index contributed by atoms with van der Waals surface area (Å²) in [5.74, 6) is -1.28. The Morgan fingerprint density at radius 2 is 0.964 bits per heavy atom. The Kier molecular flexibility index (Phi) is 6.51. The summed E-state index contributed by atoms with van der Waals surface area (Å²) >= 11 is 0. The molecule has 1 radical (unpaired) electrons. The number of rotatable bonds is 3. The van der Waals surface area contributed by atoms with E-state index in [1.165, 1.54) is 40.0 Å². The summed E-state index contributed by atoms with van der Waals surface area (Å²) < 4.78 is 0. The van der Waals surface area contributed by atoms with Crippen molar-refractivity contribution in [2.24, 2.45) is 0 Å². The Bertz CT molecular complexity index is 695. The maximum atomic E-state index is 11.4. The molecule has 2 aromatic carbocycles. The average molecular weight is 427 g/mol. The summed E-state index contributed by atoms with van der Waals surface area (Å²) in [7, 11) is 0. The van der Waals surface area contributed by atoms with Crippen molar-refractivity contribution < 1.29 is 31.8 Å². The molecule has 6 rings (SSSR count). The SMILES string of the molecule is C1N2CN3CN1CN(C2)C3.O=C(O)C(O)(c1ccccc1)c1ccccc1.[Co]. The summed E-state index contributed by atoms with van der Waals surface area (Å²) in [4.78, 5) is 21.2. The first kappa shape index (κ1) is 20.9. The molecule has 0 saturated carbocycles. The molecule has 4 heterocycles. The molecule has 4 bridgehead atoms. The van der Waals surface area contributed by atoms with E-state index in [0.717, 1.165) is 0 Å². The van der Waals surface area contributed by atoms with Crippen molar-refractivity contribution in [2.45, 2.75) is 5.60 Å². The summed E-state index contributed by atoms with van der Waals surface area (Å²) in [6.45, 7) is 7.12. The topological polar surface area (TPSA) is 70.5 Å². The number of carboxylic acids is 1. The standard InChI is InChI=1S/C14H12O3.C6H12N4.Co/c15-13(16)14(17,11-7-3-1-4-8-11)12-9-5-2-6-10-12;1-7-2-9-4-8(1)5-10(3-7)6-9;/h1-10,17H,(H,15,16);1-6H2;. The van der Waals surface area contributed by atoms with Crippen LogP contribution in [0.4, 0.5) is 0 Å². The van der Waals surface area contributed by atoms with E-state index in [0.29, 0.717) is 11.1 Å². The number of hydrogen-bond acceptors (Lipinski definition) is 6. The molecule has 7 nitrogen and oxygen atoms in total. The summed E-state index contributed by atoms with van der Waals surface area (Å²) in [5.41, 5.74) is -1.31. The van der Waals surface area contributed by atoms with Crippen molar-refractivity contribution in [3.05, 3.63) is 71.8 Å².